The fraction of sp³-hybridized carbons (Fsp3) is 0.0556. The van der Waals surface area contributed by atoms with Gasteiger partial charge in [-0.15, -0.1) is 23.1 Å². The molecular weight excluding hydrogens is 294 g/mol. The minimum Gasteiger partial charge on any atom is -0.192 e. The highest BCUT2D eigenvalue weighted by Gasteiger charge is 2.04. The number of thiophene rings is 1. The maximum atomic E-state index is 9.17. The van der Waals surface area contributed by atoms with Crippen molar-refractivity contribution in [2.24, 2.45) is 0 Å². The van der Waals surface area contributed by atoms with Crippen LogP contribution in [0.2, 0.25) is 0 Å². The molecule has 3 heteroatoms. The van der Waals surface area contributed by atoms with Crippen molar-refractivity contribution in [3.8, 4) is 17.2 Å². The van der Waals surface area contributed by atoms with Crippen LogP contribution >= 0.6 is 23.1 Å². The molecule has 0 fully saturated rings. The van der Waals surface area contributed by atoms with E-state index in [1.54, 1.807) is 11.3 Å². The molecule has 3 aromatic rings. The Balaban J connectivity index is 1.76. The van der Waals surface area contributed by atoms with Gasteiger partial charge in [-0.05, 0) is 34.2 Å². The predicted octanol–water partition coefficient (Wildman–Crippen LogP) is 5.58. The van der Waals surface area contributed by atoms with Crippen molar-refractivity contribution in [3.05, 3.63) is 77.2 Å². The van der Waals surface area contributed by atoms with Gasteiger partial charge >= 0.3 is 0 Å². The number of rotatable bonds is 4. The average Bonchev–Trinajstić information content (AvgIpc) is 3.07. The van der Waals surface area contributed by atoms with Gasteiger partial charge in [0.05, 0.1) is 15.8 Å². The van der Waals surface area contributed by atoms with Gasteiger partial charge in [-0.25, -0.2) is 0 Å². The van der Waals surface area contributed by atoms with Crippen LogP contribution in [0.1, 0.15) is 11.1 Å². The van der Waals surface area contributed by atoms with Crippen molar-refractivity contribution < 1.29 is 0 Å². The second-order valence-corrected chi connectivity index (χ2v) is 6.80. The predicted molar refractivity (Wildman–Crippen MR) is 90.5 cm³/mol. The molecule has 1 heterocycles. The zero-order valence-corrected chi connectivity index (χ0v) is 13.0. The molecule has 0 bridgehead atoms. The molecule has 0 radical (unpaired) electrons. The Hall–Kier alpha value is -2.02. The molecule has 0 amide bonds. The molecule has 102 valence electrons. The van der Waals surface area contributed by atoms with E-state index in [0.29, 0.717) is 0 Å². The van der Waals surface area contributed by atoms with Gasteiger partial charge < -0.3 is 0 Å². The minimum absolute atomic E-state index is 0.721. The molecule has 3 rings (SSSR count). The maximum absolute atomic E-state index is 9.17. The molecule has 21 heavy (non-hydrogen) atoms. The second kappa shape index (κ2) is 6.62. The first-order valence-corrected chi connectivity index (χ1v) is 8.48. The van der Waals surface area contributed by atoms with Crippen LogP contribution in [-0.2, 0) is 5.75 Å². The summed E-state index contributed by atoms with van der Waals surface area (Å²) in [5.41, 5.74) is 4.11. The van der Waals surface area contributed by atoms with Gasteiger partial charge in [0.15, 0.2) is 0 Å². The van der Waals surface area contributed by atoms with E-state index in [4.69, 9.17) is 0 Å². The van der Waals surface area contributed by atoms with E-state index in [0.717, 1.165) is 22.4 Å². The Bertz CT molecular complexity index is 753. The second-order valence-electron chi connectivity index (χ2n) is 4.58. The van der Waals surface area contributed by atoms with Crippen molar-refractivity contribution in [3.63, 3.8) is 0 Å². The van der Waals surface area contributed by atoms with E-state index in [1.165, 1.54) is 9.77 Å². The molecule has 2 aromatic carbocycles. The lowest BCUT2D eigenvalue weighted by molar-refractivity contribution is 1.40. The van der Waals surface area contributed by atoms with Crippen LogP contribution < -0.4 is 0 Å². The van der Waals surface area contributed by atoms with E-state index in [-0.39, 0.29) is 0 Å². The number of benzene rings is 2. The standard InChI is InChI=1S/C18H13NS2/c19-12-16-4-1-2-5-17(16)15-9-7-14(8-10-15)13-21-18-6-3-11-20-18/h1-11H,13H2. The SMILES string of the molecule is N#Cc1ccccc1-c1ccc(CSc2cccs2)cc1. The third-order valence-corrected chi connectivity index (χ3v) is 5.39. The van der Waals surface area contributed by atoms with Gasteiger partial charge in [0.2, 0.25) is 0 Å². The molecule has 0 N–H and O–H groups in total. The Labute approximate surface area is 132 Å². The molecule has 0 saturated heterocycles. The smallest absolute Gasteiger partial charge is 0.0998 e. The van der Waals surface area contributed by atoms with Crippen molar-refractivity contribution in [1.82, 2.24) is 0 Å². The van der Waals surface area contributed by atoms with Crippen molar-refractivity contribution in [2.75, 3.05) is 0 Å². The van der Waals surface area contributed by atoms with Gasteiger partial charge in [0.25, 0.3) is 0 Å². The van der Waals surface area contributed by atoms with Crippen molar-refractivity contribution >= 4 is 23.1 Å². The number of hydrogen-bond donors (Lipinski definition) is 0. The molecule has 0 atom stereocenters. The lowest BCUT2D eigenvalue weighted by atomic mass is 10.00. The van der Waals surface area contributed by atoms with Crippen LogP contribution in [0, 0.1) is 11.3 Å². The zero-order valence-electron chi connectivity index (χ0n) is 11.3. The summed E-state index contributed by atoms with van der Waals surface area (Å²) in [7, 11) is 0. The summed E-state index contributed by atoms with van der Waals surface area (Å²) < 4.78 is 1.34. The average molecular weight is 307 g/mol. The number of nitriles is 1. The summed E-state index contributed by atoms with van der Waals surface area (Å²) in [5, 5.41) is 11.3. The summed E-state index contributed by atoms with van der Waals surface area (Å²) in [6, 6.07) is 22.7. The molecule has 0 aliphatic heterocycles. The monoisotopic (exact) mass is 307 g/mol. The lowest BCUT2D eigenvalue weighted by Gasteiger charge is -2.05. The Morgan fingerprint density at radius 3 is 2.48 bits per heavy atom. The highest BCUT2D eigenvalue weighted by atomic mass is 32.2. The van der Waals surface area contributed by atoms with Gasteiger partial charge in [0.1, 0.15) is 0 Å². The quantitative estimate of drug-likeness (QED) is 0.588. The molecule has 1 nitrogen and oxygen atoms in total. The highest BCUT2D eigenvalue weighted by molar-refractivity contribution is 8.00. The number of thioether (sulfide) groups is 1. The summed E-state index contributed by atoms with van der Waals surface area (Å²) >= 11 is 3.63. The van der Waals surface area contributed by atoms with Crippen molar-refractivity contribution in [1.29, 1.82) is 5.26 Å². The van der Waals surface area contributed by atoms with Crippen LogP contribution in [0.3, 0.4) is 0 Å². The largest absolute Gasteiger partial charge is 0.192 e. The minimum atomic E-state index is 0.721. The lowest BCUT2D eigenvalue weighted by Crippen LogP contribution is -1.85. The molecule has 0 saturated carbocycles. The van der Waals surface area contributed by atoms with Gasteiger partial charge in [-0.3, -0.25) is 0 Å². The number of nitrogens with zero attached hydrogens (tertiary/aromatic N) is 1. The summed E-state index contributed by atoms with van der Waals surface area (Å²) in [5.74, 6) is 0.973. The topological polar surface area (TPSA) is 23.8 Å². The highest BCUT2D eigenvalue weighted by Crippen LogP contribution is 2.28. The first-order valence-electron chi connectivity index (χ1n) is 6.61. The van der Waals surface area contributed by atoms with E-state index in [1.807, 2.05) is 36.0 Å². The molecule has 1 aromatic heterocycles. The third kappa shape index (κ3) is 3.36. The third-order valence-electron chi connectivity index (χ3n) is 3.19. The summed E-state index contributed by atoms with van der Waals surface area (Å²) in [6.07, 6.45) is 0. The maximum Gasteiger partial charge on any atom is 0.0998 e. The number of hydrogen-bond acceptors (Lipinski definition) is 3. The molecule has 0 aliphatic carbocycles. The molecular formula is C18H13NS2. The van der Waals surface area contributed by atoms with Crippen LogP contribution in [0.4, 0.5) is 0 Å². The van der Waals surface area contributed by atoms with Crippen molar-refractivity contribution in [2.45, 2.75) is 9.96 Å². The van der Waals surface area contributed by atoms with Crippen LogP contribution in [0.25, 0.3) is 11.1 Å². The molecule has 0 aliphatic rings. The summed E-state index contributed by atoms with van der Waals surface area (Å²) in [6.45, 7) is 0. The van der Waals surface area contributed by atoms with Gasteiger partial charge in [-0.1, -0.05) is 48.5 Å². The fourth-order valence-corrected chi connectivity index (χ4v) is 3.85. The van der Waals surface area contributed by atoms with Crippen LogP contribution in [-0.4, -0.2) is 0 Å². The van der Waals surface area contributed by atoms with E-state index >= 15 is 0 Å². The Morgan fingerprint density at radius 2 is 1.76 bits per heavy atom. The first kappa shape index (κ1) is 13.9. The van der Waals surface area contributed by atoms with Gasteiger partial charge in [-0.2, -0.15) is 5.26 Å². The van der Waals surface area contributed by atoms with Crippen LogP contribution in [0.5, 0.6) is 0 Å². The van der Waals surface area contributed by atoms with E-state index in [2.05, 4.69) is 47.8 Å². The zero-order chi connectivity index (χ0) is 14.5. The Morgan fingerprint density at radius 1 is 0.952 bits per heavy atom. The normalized spacial score (nSPS) is 10.2. The van der Waals surface area contributed by atoms with Gasteiger partial charge in [0, 0.05) is 5.75 Å². The Kier molecular flexibility index (Phi) is 4.40. The molecule has 0 spiro atoms. The fourth-order valence-electron chi connectivity index (χ4n) is 2.11. The van der Waals surface area contributed by atoms with Crippen LogP contribution in [0.15, 0.2) is 70.3 Å². The van der Waals surface area contributed by atoms with E-state index in [9.17, 15) is 5.26 Å². The first-order chi connectivity index (χ1) is 10.4. The summed E-state index contributed by atoms with van der Waals surface area (Å²) in [4.78, 5) is 0. The molecule has 0 unspecified atom stereocenters. The van der Waals surface area contributed by atoms with E-state index < -0.39 is 0 Å².